The number of rotatable bonds is 5. The number of carbonyl (C=O) groups excluding carboxylic acids is 1. The first kappa shape index (κ1) is 14.2. The molecule has 0 aliphatic rings. The van der Waals surface area contributed by atoms with Crippen LogP contribution in [0, 0.1) is 5.92 Å². The summed E-state index contributed by atoms with van der Waals surface area (Å²) in [4.78, 5) is 20.4. The first-order chi connectivity index (χ1) is 9.59. The summed E-state index contributed by atoms with van der Waals surface area (Å²) in [7, 11) is 0. The maximum atomic E-state index is 12.1. The second-order valence-corrected chi connectivity index (χ2v) is 5.11. The minimum absolute atomic E-state index is 0.0692. The highest BCUT2D eigenvalue weighted by molar-refractivity contribution is 5.87. The molecule has 0 unspecified atom stereocenters. The molecule has 5 heteroatoms. The Bertz CT molecular complexity index is 564. The van der Waals surface area contributed by atoms with Gasteiger partial charge in [0.05, 0.1) is 30.9 Å². The van der Waals surface area contributed by atoms with E-state index in [0.29, 0.717) is 18.2 Å². The largest absolute Gasteiger partial charge is 0.461 e. The van der Waals surface area contributed by atoms with Crippen molar-refractivity contribution in [2.24, 2.45) is 5.92 Å². The van der Waals surface area contributed by atoms with Gasteiger partial charge in [-0.3, -0.25) is 4.98 Å². The molecular weight excluding hydrogens is 254 g/mol. The summed E-state index contributed by atoms with van der Waals surface area (Å²) in [6.45, 7) is 6.38. The van der Waals surface area contributed by atoms with Gasteiger partial charge in [0, 0.05) is 6.20 Å². The number of hydrogen-bond donors (Lipinski definition) is 0. The molecule has 0 aliphatic carbocycles. The molecule has 0 N–H and O–H groups in total. The number of carbonyl (C=O) groups is 1. The Morgan fingerprint density at radius 1 is 1.35 bits per heavy atom. The minimum atomic E-state index is -0.348. The van der Waals surface area contributed by atoms with Crippen LogP contribution in [0.15, 0.2) is 36.9 Å². The lowest BCUT2D eigenvalue weighted by Crippen LogP contribution is -2.17. The van der Waals surface area contributed by atoms with E-state index in [9.17, 15) is 4.79 Å². The summed E-state index contributed by atoms with van der Waals surface area (Å²) in [6, 6.07) is 5.64. The van der Waals surface area contributed by atoms with Gasteiger partial charge in [0.2, 0.25) is 0 Å². The van der Waals surface area contributed by atoms with Crippen LogP contribution in [0.1, 0.15) is 43.0 Å². The first-order valence-electron chi connectivity index (χ1n) is 6.69. The van der Waals surface area contributed by atoms with Gasteiger partial charge in [-0.1, -0.05) is 19.9 Å². The second kappa shape index (κ2) is 6.32. The van der Waals surface area contributed by atoms with Crippen molar-refractivity contribution in [3.63, 3.8) is 0 Å². The molecular formula is C15H19N3O2. The molecule has 20 heavy (non-hydrogen) atoms. The monoisotopic (exact) mass is 273 g/mol. The molecule has 5 nitrogen and oxygen atoms in total. The van der Waals surface area contributed by atoms with Crippen molar-refractivity contribution < 1.29 is 9.53 Å². The van der Waals surface area contributed by atoms with E-state index in [-0.39, 0.29) is 12.0 Å². The van der Waals surface area contributed by atoms with E-state index >= 15 is 0 Å². The van der Waals surface area contributed by atoms with Crippen LogP contribution in [-0.4, -0.2) is 27.1 Å². The smallest absolute Gasteiger partial charge is 0.356 e. The van der Waals surface area contributed by atoms with E-state index in [0.717, 1.165) is 5.69 Å². The van der Waals surface area contributed by atoms with E-state index < -0.39 is 0 Å². The lowest BCUT2D eigenvalue weighted by Gasteiger charge is -2.15. The highest BCUT2D eigenvalue weighted by Gasteiger charge is 2.19. The third kappa shape index (κ3) is 3.23. The zero-order valence-electron chi connectivity index (χ0n) is 12.0. The number of esters is 1. The Hall–Kier alpha value is -2.17. The molecule has 0 amide bonds. The summed E-state index contributed by atoms with van der Waals surface area (Å²) in [5, 5.41) is 0. The fraction of sp³-hybridized carbons (Fsp3) is 0.400. The molecule has 106 valence electrons. The van der Waals surface area contributed by atoms with E-state index in [1.54, 1.807) is 17.1 Å². The zero-order valence-corrected chi connectivity index (χ0v) is 12.0. The van der Waals surface area contributed by atoms with Gasteiger partial charge in [-0.2, -0.15) is 0 Å². The van der Waals surface area contributed by atoms with Crippen LogP contribution < -0.4 is 0 Å². The first-order valence-corrected chi connectivity index (χ1v) is 6.69. The number of ether oxygens (including phenoxy) is 1. The Kier molecular flexibility index (Phi) is 4.50. The van der Waals surface area contributed by atoms with Crippen LogP contribution in [0.25, 0.3) is 0 Å². The SMILES string of the molecule is CC(C)COC(=O)c1cncn1[C@H](C)c1ccccn1. The van der Waals surface area contributed by atoms with Crippen LogP contribution in [0.5, 0.6) is 0 Å². The molecule has 0 radical (unpaired) electrons. The van der Waals surface area contributed by atoms with E-state index in [1.807, 2.05) is 39.0 Å². The molecule has 0 fully saturated rings. The van der Waals surface area contributed by atoms with Gasteiger partial charge >= 0.3 is 5.97 Å². The molecule has 0 aliphatic heterocycles. The fourth-order valence-corrected chi connectivity index (χ4v) is 1.85. The average Bonchev–Trinajstić information content (AvgIpc) is 2.94. The maximum Gasteiger partial charge on any atom is 0.356 e. The zero-order chi connectivity index (χ0) is 14.5. The highest BCUT2D eigenvalue weighted by atomic mass is 16.5. The van der Waals surface area contributed by atoms with Gasteiger partial charge in [-0.05, 0) is 25.0 Å². The Balaban J connectivity index is 2.18. The van der Waals surface area contributed by atoms with Gasteiger partial charge in [0.15, 0.2) is 0 Å². The molecule has 2 aromatic heterocycles. The summed E-state index contributed by atoms with van der Waals surface area (Å²) in [6.07, 6.45) is 4.90. The number of aromatic nitrogens is 3. The number of pyridine rings is 1. The normalized spacial score (nSPS) is 12.4. The van der Waals surface area contributed by atoms with E-state index in [1.165, 1.54) is 6.20 Å². The van der Waals surface area contributed by atoms with E-state index in [4.69, 9.17) is 4.74 Å². The van der Waals surface area contributed by atoms with Gasteiger partial charge in [-0.25, -0.2) is 9.78 Å². The average molecular weight is 273 g/mol. The van der Waals surface area contributed by atoms with Crippen molar-refractivity contribution in [3.8, 4) is 0 Å². The predicted molar refractivity (Wildman–Crippen MR) is 75.4 cm³/mol. The standard InChI is InChI=1S/C15H19N3O2/c1-11(2)9-20-15(19)14-8-16-10-18(14)12(3)13-6-4-5-7-17-13/h4-8,10-12H,9H2,1-3H3/t12-/m1/s1. The number of imidazole rings is 1. The molecule has 0 aromatic carbocycles. The Morgan fingerprint density at radius 3 is 2.80 bits per heavy atom. The van der Waals surface area contributed by atoms with Crippen molar-refractivity contribution in [2.45, 2.75) is 26.8 Å². The van der Waals surface area contributed by atoms with Gasteiger partial charge in [-0.15, -0.1) is 0 Å². The number of nitrogens with zero attached hydrogens (tertiary/aromatic N) is 3. The molecule has 0 bridgehead atoms. The lowest BCUT2D eigenvalue weighted by molar-refractivity contribution is 0.0445. The Morgan fingerprint density at radius 2 is 2.15 bits per heavy atom. The molecule has 0 saturated carbocycles. The van der Waals surface area contributed by atoms with Crippen LogP contribution in [0.3, 0.4) is 0 Å². The van der Waals surface area contributed by atoms with Gasteiger partial charge in [0.1, 0.15) is 5.69 Å². The predicted octanol–water partition coefficient (Wildman–Crippen LogP) is 2.70. The molecule has 2 aromatic rings. The third-order valence-electron chi connectivity index (χ3n) is 2.96. The van der Waals surface area contributed by atoms with Crippen LogP contribution >= 0.6 is 0 Å². The quantitative estimate of drug-likeness (QED) is 0.786. The van der Waals surface area contributed by atoms with Crippen molar-refractivity contribution in [1.82, 2.24) is 14.5 Å². The van der Waals surface area contributed by atoms with Crippen molar-refractivity contribution in [3.05, 3.63) is 48.3 Å². The van der Waals surface area contributed by atoms with Crippen LogP contribution in [0.4, 0.5) is 0 Å². The Labute approximate surface area is 118 Å². The van der Waals surface area contributed by atoms with Crippen molar-refractivity contribution >= 4 is 5.97 Å². The lowest BCUT2D eigenvalue weighted by atomic mass is 10.2. The minimum Gasteiger partial charge on any atom is -0.461 e. The van der Waals surface area contributed by atoms with E-state index in [2.05, 4.69) is 9.97 Å². The topological polar surface area (TPSA) is 57.0 Å². The summed E-state index contributed by atoms with van der Waals surface area (Å²) in [5.74, 6) is -0.0393. The van der Waals surface area contributed by atoms with Crippen molar-refractivity contribution in [1.29, 1.82) is 0 Å². The fourth-order valence-electron chi connectivity index (χ4n) is 1.85. The molecule has 1 atom stereocenters. The summed E-state index contributed by atoms with van der Waals surface area (Å²) >= 11 is 0. The van der Waals surface area contributed by atoms with Crippen LogP contribution in [0.2, 0.25) is 0 Å². The highest BCUT2D eigenvalue weighted by Crippen LogP contribution is 2.18. The van der Waals surface area contributed by atoms with Gasteiger partial charge in [0.25, 0.3) is 0 Å². The summed E-state index contributed by atoms with van der Waals surface area (Å²) < 4.78 is 7.04. The van der Waals surface area contributed by atoms with Crippen LogP contribution in [-0.2, 0) is 4.74 Å². The van der Waals surface area contributed by atoms with Crippen molar-refractivity contribution in [2.75, 3.05) is 6.61 Å². The van der Waals surface area contributed by atoms with Gasteiger partial charge < -0.3 is 9.30 Å². The molecule has 2 heterocycles. The molecule has 0 saturated heterocycles. The maximum absolute atomic E-state index is 12.1. The molecule has 2 rings (SSSR count). The third-order valence-corrected chi connectivity index (χ3v) is 2.96. The molecule has 0 spiro atoms. The summed E-state index contributed by atoms with van der Waals surface area (Å²) in [5.41, 5.74) is 1.33. The number of hydrogen-bond acceptors (Lipinski definition) is 4. The second-order valence-electron chi connectivity index (χ2n) is 5.11.